The molecule has 1 heterocycles. The molecular formula is C11H13BrN2O2. The average molecular weight is 285 g/mol. The van der Waals surface area contributed by atoms with Crippen LogP contribution in [0.4, 0.5) is 0 Å². The molecule has 1 aliphatic rings. The second-order valence-electron chi connectivity index (χ2n) is 4.24. The molecular weight excluding hydrogens is 272 g/mol. The predicted molar refractivity (Wildman–Crippen MR) is 64.9 cm³/mol. The van der Waals surface area contributed by atoms with Gasteiger partial charge in [-0.2, -0.15) is 0 Å². The molecule has 5 heteroatoms. The molecule has 0 bridgehead atoms. The van der Waals surface area contributed by atoms with Gasteiger partial charge in [-0.3, -0.25) is 9.59 Å². The SMILES string of the molecule is O=C(NCC1(CBr)CC1)c1c[nH]ccc1=O. The fourth-order valence-corrected chi connectivity index (χ4v) is 2.25. The molecule has 1 aromatic rings. The maximum atomic E-state index is 11.7. The van der Waals surface area contributed by atoms with Crippen LogP contribution in [0.2, 0.25) is 0 Å². The number of hydrogen-bond donors (Lipinski definition) is 2. The van der Waals surface area contributed by atoms with E-state index < -0.39 is 0 Å². The van der Waals surface area contributed by atoms with Crippen LogP contribution in [-0.4, -0.2) is 22.8 Å². The third-order valence-corrected chi connectivity index (χ3v) is 4.12. The average Bonchev–Trinajstić information content (AvgIpc) is 3.07. The summed E-state index contributed by atoms with van der Waals surface area (Å²) in [5.41, 5.74) is 0.143. The highest BCUT2D eigenvalue weighted by Gasteiger charge is 2.41. The maximum absolute atomic E-state index is 11.7. The Kier molecular flexibility index (Phi) is 3.14. The predicted octanol–water partition coefficient (Wildman–Crippen LogP) is 1.28. The van der Waals surface area contributed by atoms with Crippen molar-refractivity contribution in [2.24, 2.45) is 5.41 Å². The second kappa shape index (κ2) is 4.41. The molecule has 1 aromatic heterocycles. The van der Waals surface area contributed by atoms with Crippen LogP contribution in [0.15, 0.2) is 23.3 Å². The van der Waals surface area contributed by atoms with Gasteiger partial charge in [0.25, 0.3) is 5.91 Å². The fraction of sp³-hybridized carbons (Fsp3) is 0.455. The van der Waals surface area contributed by atoms with Gasteiger partial charge in [-0.15, -0.1) is 0 Å². The van der Waals surface area contributed by atoms with Gasteiger partial charge in [0.1, 0.15) is 5.56 Å². The van der Waals surface area contributed by atoms with Crippen molar-refractivity contribution in [3.63, 3.8) is 0 Å². The number of pyridine rings is 1. The monoisotopic (exact) mass is 284 g/mol. The van der Waals surface area contributed by atoms with E-state index in [9.17, 15) is 9.59 Å². The van der Waals surface area contributed by atoms with Crippen molar-refractivity contribution >= 4 is 21.8 Å². The van der Waals surface area contributed by atoms with Gasteiger partial charge in [-0.1, -0.05) is 15.9 Å². The number of rotatable bonds is 4. The van der Waals surface area contributed by atoms with E-state index in [1.807, 2.05) is 0 Å². The standard InChI is InChI=1S/C11H13BrN2O2/c12-6-11(2-3-11)7-14-10(16)8-5-13-4-1-9(8)15/h1,4-5H,2-3,6-7H2,(H,13,15)(H,14,16). The number of alkyl halides is 1. The molecule has 0 atom stereocenters. The van der Waals surface area contributed by atoms with Gasteiger partial charge in [0, 0.05) is 30.3 Å². The van der Waals surface area contributed by atoms with Crippen LogP contribution in [0.5, 0.6) is 0 Å². The third-order valence-electron chi connectivity index (χ3n) is 2.93. The first-order valence-corrected chi connectivity index (χ1v) is 6.30. The summed E-state index contributed by atoms with van der Waals surface area (Å²) in [6.45, 7) is 0.630. The number of nitrogens with one attached hydrogen (secondary N) is 2. The minimum Gasteiger partial charge on any atom is -0.367 e. The lowest BCUT2D eigenvalue weighted by Crippen LogP contribution is -2.33. The Bertz CT molecular complexity index is 451. The normalized spacial score (nSPS) is 16.8. The minimum absolute atomic E-state index is 0.174. The van der Waals surface area contributed by atoms with Crippen molar-refractivity contribution in [3.8, 4) is 0 Å². The zero-order valence-electron chi connectivity index (χ0n) is 8.75. The molecule has 2 rings (SSSR count). The number of H-pyrrole nitrogens is 1. The van der Waals surface area contributed by atoms with Gasteiger partial charge in [0.05, 0.1) is 0 Å². The summed E-state index contributed by atoms with van der Waals surface area (Å²) in [7, 11) is 0. The molecule has 0 spiro atoms. The van der Waals surface area contributed by atoms with Crippen LogP contribution in [0.1, 0.15) is 23.2 Å². The summed E-state index contributed by atoms with van der Waals surface area (Å²) in [5, 5.41) is 3.70. The lowest BCUT2D eigenvalue weighted by molar-refractivity contribution is 0.0945. The molecule has 0 saturated heterocycles. The molecule has 4 nitrogen and oxygen atoms in total. The highest BCUT2D eigenvalue weighted by Crippen LogP contribution is 2.46. The van der Waals surface area contributed by atoms with Crippen molar-refractivity contribution in [2.45, 2.75) is 12.8 Å². The number of aromatic nitrogens is 1. The van der Waals surface area contributed by atoms with E-state index in [2.05, 4.69) is 26.2 Å². The molecule has 16 heavy (non-hydrogen) atoms. The Morgan fingerprint density at radius 3 is 2.88 bits per heavy atom. The van der Waals surface area contributed by atoms with E-state index in [4.69, 9.17) is 0 Å². The Labute approximate surface area is 102 Å². The molecule has 0 unspecified atom stereocenters. The Hall–Kier alpha value is -1.10. The number of aromatic amines is 1. The van der Waals surface area contributed by atoms with Crippen LogP contribution in [0.3, 0.4) is 0 Å². The molecule has 0 aliphatic heterocycles. The van der Waals surface area contributed by atoms with E-state index in [1.54, 1.807) is 0 Å². The van der Waals surface area contributed by atoms with Crippen molar-refractivity contribution < 1.29 is 4.79 Å². The first-order chi connectivity index (χ1) is 7.67. The lowest BCUT2D eigenvalue weighted by atomic mass is 10.1. The van der Waals surface area contributed by atoms with Gasteiger partial charge >= 0.3 is 0 Å². The number of carbonyl (C=O) groups excluding carboxylic acids is 1. The van der Waals surface area contributed by atoms with Gasteiger partial charge in [0.15, 0.2) is 5.43 Å². The summed E-state index contributed by atoms with van der Waals surface area (Å²) in [5.74, 6) is -0.297. The number of hydrogen-bond acceptors (Lipinski definition) is 2. The van der Waals surface area contributed by atoms with Crippen molar-refractivity contribution in [1.29, 1.82) is 0 Å². The van der Waals surface area contributed by atoms with Crippen molar-refractivity contribution in [1.82, 2.24) is 10.3 Å². The molecule has 1 amide bonds. The molecule has 0 aromatic carbocycles. The van der Waals surface area contributed by atoms with E-state index in [0.29, 0.717) is 6.54 Å². The van der Waals surface area contributed by atoms with Crippen LogP contribution in [0.25, 0.3) is 0 Å². The van der Waals surface area contributed by atoms with E-state index in [0.717, 1.165) is 18.2 Å². The van der Waals surface area contributed by atoms with Gasteiger partial charge < -0.3 is 10.3 Å². The van der Waals surface area contributed by atoms with Crippen LogP contribution in [0, 0.1) is 5.41 Å². The van der Waals surface area contributed by atoms with Gasteiger partial charge in [-0.25, -0.2) is 0 Å². The molecule has 1 saturated carbocycles. The van der Waals surface area contributed by atoms with Gasteiger partial charge in [-0.05, 0) is 18.3 Å². The summed E-state index contributed by atoms with van der Waals surface area (Å²) in [4.78, 5) is 25.8. The van der Waals surface area contributed by atoms with E-state index in [1.165, 1.54) is 18.5 Å². The molecule has 0 radical (unpaired) electrons. The Morgan fingerprint density at radius 1 is 1.56 bits per heavy atom. The highest BCUT2D eigenvalue weighted by atomic mass is 79.9. The first-order valence-electron chi connectivity index (χ1n) is 5.18. The summed E-state index contributed by atoms with van der Waals surface area (Å²) >= 11 is 3.44. The Balaban J connectivity index is 1.99. The number of halogens is 1. The van der Waals surface area contributed by atoms with E-state index in [-0.39, 0.29) is 22.3 Å². The van der Waals surface area contributed by atoms with Crippen molar-refractivity contribution in [3.05, 3.63) is 34.2 Å². The van der Waals surface area contributed by atoms with Crippen LogP contribution in [-0.2, 0) is 0 Å². The van der Waals surface area contributed by atoms with Crippen LogP contribution >= 0.6 is 15.9 Å². The fourth-order valence-electron chi connectivity index (χ4n) is 1.49. The maximum Gasteiger partial charge on any atom is 0.256 e. The van der Waals surface area contributed by atoms with Crippen molar-refractivity contribution in [2.75, 3.05) is 11.9 Å². The van der Waals surface area contributed by atoms with E-state index >= 15 is 0 Å². The minimum atomic E-state index is -0.297. The molecule has 86 valence electrons. The third kappa shape index (κ3) is 2.35. The molecule has 2 N–H and O–H groups in total. The number of carbonyl (C=O) groups is 1. The Morgan fingerprint density at radius 2 is 2.31 bits per heavy atom. The molecule has 1 aliphatic carbocycles. The first kappa shape index (κ1) is 11.4. The zero-order valence-corrected chi connectivity index (χ0v) is 10.3. The second-order valence-corrected chi connectivity index (χ2v) is 4.80. The summed E-state index contributed by atoms with van der Waals surface area (Å²) in [6, 6.07) is 1.35. The molecule has 1 fully saturated rings. The van der Waals surface area contributed by atoms with Crippen LogP contribution < -0.4 is 10.7 Å². The summed E-state index contributed by atoms with van der Waals surface area (Å²) in [6.07, 6.45) is 5.21. The van der Waals surface area contributed by atoms with Gasteiger partial charge in [0.2, 0.25) is 0 Å². The smallest absolute Gasteiger partial charge is 0.256 e. The topological polar surface area (TPSA) is 62.0 Å². The highest BCUT2D eigenvalue weighted by molar-refractivity contribution is 9.09. The largest absolute Gasteiger partial charge is 0.367 e. The lowest BCUT2D eigenvalue weighted by Gasteiger charge is -2.12. The quantitative estimate of drug-likeness (QED) is 0.819. The zero-order chi connectivity index (χ0) is 11.6. The number of amides is 1. The summed E-state index contributed by atoms with van der Waals surface area (Å²) < 4.78 is 0.